The van der Waals surface area contributed by atoms with Gasteiger partial charge in [-0.15, -0.1) is 0 Å². The third-order valence-electron chi connectivity index (χ3n) is 4.65. The van der Waals surface area contributed by atoms with Crippen LogP contribution in [0.3, 0.4) is 0 Å². The third kappa shape index (κ3) is 6.97. The fraction of sp³-hybridized carbons (Fsp3) is 0.348. The predicted octanol–water partition coefficient (Wildman–Crippen LogP) is 2.67. The summed E-state index contributed by atoms with van der Waals surface area (Å²) in [5.41, 5.74) is 0.798. The van der Waals surface area contributed by atoms with E-state index in [1.165, 1.54) is 0 Å². The minimum Gasteiger partial charge on any atom is -0.390 e. The van der Waals surface area contributed by atoms with E-state index in [4.69, 9.17) is 0 Å². The first-order chi connectivity index (χ1) is 14.0. The Hall–Kier alpha value is -2.75. The van der Waals surface area contributed by atoms with Gasteiger partial charge in [0.25, 0.3) is 5.91 Å². The molecule has 0 radical (unpaired) electrons. The van der Waals surface area contributed by atoms with Crippen LogP contribution in [0.5, 0.6) is 0 Å². The van der Waals surface area contributed by atoms with Crippen LogP contribution in [0.4, 0.5) is 8.78 Å². The summed E-state index contributed by atoms with van der Waals surface area (Å²) in [7, 11) is 0. The molecular formula is C23H24F2N2O2. The number of benzene rings is 2. The number of carbonyl (C=O) groups is 1. The van der Waals surface area contributed by atoms with Gasteiger partial charge >= 0.3 is 0 Å². The van der Waals surface area contributed by atoms with E-state index in [0.29, 0.717) is 24.9 Å². The van der Waals surface area contributed by atoms with Crippen LogP contribution in [0.1, 0.15) is 28.8 Å². The van der Waals surface area contributed by atoms with Crippen LogP contribution in [0, 0.1) is 29.4 Å². The van der Waals surface area contributed by atoms with Crippen molar-refractivity contribution in [3.63, 3.8) is 0 Å². The van der Waals surface area contributed by atoms with Gasteiger partial charge in [0.1, 0.15) is 11.6 Å². The van der Waals surface area contributed by atoms with Crippen molar-refractivity contribution in [3.8, 4) is 11.8 Å². The summed E-state index contributed by atoms with van der Waals surface area (Å²) < 4.78 is 26.9. The highest BCUT2D eigenvalue weighted by molar-refractivity contribution is 5.94. The fourth-order valence-electron chi connectivity index (χ4n) is 2.94. The van der Waals surface area contributed by atoms with Crippen LogP contribution < -0.4 is 10.6 Å². The van der Waals surface area contributed by atoms with E-state index in [-0.39, 0.29) is 12.1 Å². The lowest BCUT2D eigenvalue weighted by atomic mass is 10.0. The van der Waals surface area contributed by atoms with Gasteiger partial charge in [0.2, 0.25) is 0 Å². The molecule has 3 rings (SSSR count). The quantitative estimate of drug-likeness (QED) is 0.473. The van der Waals surface area contributed by atoms with E-state index in [0.717, 1.165) is 30.5 Å². The maximum atomic E-state index is 13.4. The fourth-order valence-corrected chi connectivity index (χ4v) is 2.94. The van der Waals surface area contributed by atoms with E-state index in [1.54, 1.807) is 0 Å². The molecule has 0 aromatic heterocycles. The molecule has 0 aliphatic heterocycles. The van der Waals surface area contributed by atoms with Gasteiger partial charge in [-0.3, -0.25) is 4.79 Å². The Morgan fingerprint density at radius 1 is 1.14 bits per heavy atom. The summed E-state index contributed by atoms with van der Waals surface area (Å²) in [6.45, 7) is 0.684. The van der Waals surface area contributed by atoms with Crippen molar-refractivity contribution in [1.82, 2.24) is 10.6 Å². The van der Waals surface area contributed by atoms with Gasteiger partial charge in [0.05, 0.1) is 18.7 Å². The minimum absolute atomic E-state index is 0.129. The number of amides is 1. The van der Waals surface area contributed by atoms with Crippen LogP contribution >= 0.6 is 0 Å². The number of hydrogen-bond donors (Lipinski definition) is 3. The lowest BCUT2D eigenvalue weighted by Crippen LogP contribution is -2.48. The lowest BCUT2D eigenvalue weighted by Gasteiger charge is -2.24. The van der Waals surface area contributed by atoms with Crippen molar-refractivity contribution >= 4 is 5.91 Å². The van der Waals surface area contributed by atoms with Crippen LogP contribution in [0.15, 0.2) is 48.5 Å². The molecular weight excluding hydrogens is 374 g/mol. The van der Waals surface area contributed by atoms with Crippen LogP contribution in [0.2, 0.25) is 0 Å². The lowest BCUT2D eigenvalue weighted by molar-refractivity contribution is 0.0832. The molecule has 3 N–H and O–H groups in total. The Labute approximate surface area is 169 Å². The molecule has 0 spiro atoms. The number of aliphatic hydroxyl groups is 1. The highest BCUT2D eigenvalue weighted by Crippen LogP contribution is 2.27. The Bertz CT molecular complexity index is 868. The zero-order valence-electron chi connectivity index (χ0n) is 16.0. The smallest absolute Gasteiger partial charge is 0.251 e. The highest BCUT2D eigenvalue weighted by atomic mass is 19.1. The summed E-state index contributed by atoms with van der Waals surface area (Å²) in [4.78, 5) is 12.5. The molecule has 2 aromatic rings. The molecule has 6 heteroatoms. The topological polar surface area (TPSA) is 61.4 Å². The first-order valence-corrected chi connectivity index (χ1v) is 9.69. The van der Waals surface area contributed by atoms with Gasteiger partial charge in [0.15, 0.2) is 0 Å². The van der Waals surface area contributed by atoms with Gasteiger partial charge < -0.3 is 15.7 Å². The second kappa shape index (κ2) is 10.1. The van der Waals surface area contributed by atoms with Gasteiger partial charge in [-0.25, -0.2) is 8.78 Å². The molecule has 0 heterocycles. The summed E-state index contributed by atoms with van der Waals surface area (Å²) in [5.74, 6) is 4.37. The molecule has 1 fully saturated rings. The van der Waals surface area contributed by atoms with Crippen molar-refractivity contribution in [2.24, 2.45) is 5.92 Å². The van der Waals surface area contributed by atoms with E-state index < -0.39 is 29.7 Å². The Kier molecular flexibility index (Phi) is 7.34. The molecule has 2 aromatic carbocycles. The third-order valence-corrected chi connectivity index (χ3v) is 4.65. The normalized spacial score (nSPS) is 15.1. The number of nitrogens with one attached hydrogen (secondary N) is 2. The second-order valence-electron chi connectivity index (χ2n) is 7.22. The summed E-state index contributed by atoms with van der Waals surface area (Å²) in [5, 5.41) is 16.4. The molecule has 1 amide bonds. The molecule has 0 bridgehead atoms. The molecule has 0 unspecified atom stereocenters. The Morgan fingerprint density at radius 2 is 1.83 bits per heavy atom. The molecule has 1 aliphatic carbocycles. The standard InChI is InChI=1S/C23H24F2N2O2/c24-19-12-18(13-20(25)14-19)23(29)27-21(11-17-5-2-1-3-6-17)22(28)15-26-10-4-7-16-8-9-16/h1-3,5-6,12-14,16,21-22,26,28H,8-11,15H2,(H,27,29)/t21-,22+/m0/s1. The first kappa shape index (κ1) is 21.0. The first-order valence-electron chi connectivity index (χ1n) is 9.69. The molecule has 0 saturated heterocycles. The molecule has 29 heavy (non-hydrogen) atoms. The van der Waals surface area contributed by atoms with E-state index in [2.05, 4.69) is 22.5 Å². The van der Waals surface area contributed by atoms with Crippen LogP contribution in [0.25, 0.3) is 0 Å². The Morgan fingerprint density at radius 3 is 2.48 bits per heavy atom. The van der Waals surface area contributed by atoms with E-state index >= 15 is 0 Å². The number of aliphatic hydroxyl groups excluding tert-OH is 1. The number of hydrogen-bond acceptors (Lipinski definition) is 3. The van der Waals surface area contributed by atoms with Gasteiger partial charge in [0, 0.05) is 24.1 Å². The minimum atomic E-state index is -0.903. The molecule has 1 saturated carbocycles. The van der Waals surface area contributed by atoms with Crippen LogP contribution in [-0.4, -0.2) is 36.2 Å². The maximum Gasteiger partial charge on any atom is 0.251 e. The monoisotopic (exact) mass is 398 g/mol. The summed E-state index contributed by atoms with van der Waals surface area (Å²) >= 11 is 0. The summed E-state index contributed by atoms with van der Waals surface area (Å²) in [6, 6.07) is 11.4. The van der Waals surface area contributed by atoms with Crippen molar-refractivity contribution in [3.05, 3.63) is 71.3 Å². The van der Waals surface area contributed by atoms with Crippen molar-refractivity contribution in [2.75, 3.05) is 13.1 Å². The van der Waals surface area contributed by atoms with Gasteiger partial charge in [-0.2, -0.15) is 0 Å². The molecule has 4 nitrogen and oxygen atoms in total. The molecule has 152 valence electrons. The van der Waals surface area contributed by atoms with E-state index in [1.807, 2.05) is 30.3 Å². The van der Waals surface area contributed by atoms with Gasteiger partial charge in [-0.1, -0.05) is 42.2 Å². The molecule has 1 aliphatic rings. The van der Waals surface area contributed by atoms with E-state index in [9.17, 15) is 18.7 Å². The number of halogens is 2. The molecule has 2 atom stereocenters. The van der Waals surface area contributed by atoms with Crippen molar-refractivity contribution in [1.29, 1.82) is 0 Å². The largest absolute Gasteiger partial charge is 0.390 e. The van der Waals surface area contributed by atoms with Crippen molar-refractivity contribution in [2.45, 2.75) is 31.4 Å². The Balaban J connectivity index is 1.64. The summed E-state index contributed by atoms with van der Waals surface area (Å²) in [6.07, 6.45) is 1.78. The average Bonchev–Trinajstić information content (AvgIpc) is 3.51. The predicted molar refractivity (Wildman–Crippen MR) is 107 cm³/mol. The van der Waals surface area contributed by atoms with Crippen LogP contribution in [-0.2, 0) is 6.42 Å². The zero-order valence-corrected chi connectivity index (χ0v) is 16.0. The average molecular weight is 398 g/mol. The number of rotatable bonds is 8. The maximum absolute atomic E-state index is 13.4. The number of carbonyl (C=O) groups excluding carboxylic acids is 1. The second-order valence-corrected chi connectivity index (χ2v) is 7.22. The highest BCUT2D eigenvalue weighted by Gasteiger charge is 2.23. The zero-order chi connectivity index (χ0) is 20.6. The van der Waals surface area contributed by atoms with Crippen molar-refractivity contribution < 1.29 is 18.7 Å². The van der Waals surface area contributed by atoms with Gasteiger partial charge in [-0.05, 0) is 37.0 Å². The SMILES string of the molecule is O=C(N[C@@H](Cc1ccccc1)[C@H](O)CNCC#CC1CC1)c1cc(F)cc(F)c1.